The maximum absolute atomic E-state index is 5.25. The molecule has 0 unspecified atom stereocenters. The van der Waals surface area contributed by atoms with Crippen LogP contribution in [0, 0.1) is 0 Å². The van der Waals surface area contributed by atoms with Gasteiger partial charge in [-0.25, -0.2) is 4.98 Å². The number of fused-ring (bicyclic) bond motifs is 12. The van der Waals surface area contributed by atoms with Crippen LogP contribution in [0.5, 0.6) is 0 Å². The van der Waals surface area contributed by atoms with Gasteiger partial charge in [-0.1, -0.05) is 194 Å². The molecule has 1 aliphatic carbocycles. The molecule has 0 saturated carbocycles. The zero-order chi connectivity index (χ0) is 40.1. The molecule has 61 heavy (non-hydrogen) atoms. The standard InChI is InChI=1S/C58H36N2S/c1-3-15-42(16-4-1)58(43-17-5-2-6-18-43)48-22-10-9-20-46(48)54-44(21-13-23-49(54)58)40-30-26-37(27-31-40)38-28-32-41(33-29-38)52-36-47-55-45-19-8-7-14-39(45)34-35-53(55)61-56(47)57-59-50-24-11-12-25-51(50)60(52)57/h1-36H. The summed E-state index contributed by atoms with van der Waals surface area (Å²) in [6.45, 7) is 0. The minimum absolute atomic E-state index is 0.421. The first-order valence-electron chi connectivity index (χ1n) is 21.0. The highest BCUT2D eigenvalue weighted by Crippen LogP contribution is 2.58. The van der Waals surface area contributed by atoms with Crippen LogP contribution in [0.15, 0.2) is 218 Å². The molecule has 1 aliphatic rings. The summed E-state index contributed by atoms with van der Waals surface area (Å²) in [4.78, 5) is 5.25. The number of aromatic nitrogens is 2. The van der Waals surface area contributed by atoms with E-state index >= 15 is 0 Å². The molecular formula is C58H36N2S. The van der Waals surface area contributed by atoms with E-state index in [0.29, 0.717) is 0 Å². The molecule has 0 bridgehead atoms. The summed E-state index contributed by atoms with van der Waals surface area (Å²) in [6.07, 6.45) is 0. The van der Waals surface area contributed by atoms with Crippen molar-refractivity contribution >= 4 is 59.0 Å². The van der Waals surface area contributed by atoms with Crippen LogP contribution in [0.4, 0.5) is 0 Å². The molecule has 9 aromatic carbocycles. The number of thiophene rings is 1. The Balaban J connectivity index is 0.923. The first-order valence-corrected chi connectivity index (χ1v) is 21.8. The molecule has 3 aromatic heterocycles. The molecule has 3 heteroatoms. The second-order valence-corrected chi connectivity index (χ2v) is 17.3. The van der Waals surface area contributed by atoms with Crippen molar-refractivity contribution in [3.8, 4) is 44.6 Å². The summed E-state index contributed by atoms with van der Waals surface area (Å²) in [7, 11) is 0. The number of nitrogens with zero attached hydrogens (tertiary/aromatic N) is 2. The minimum Gasteiger partial charge on any atom is -0.291 e. The van der Waals surface area contributed by atoms with Crippen molar-refractivity contribution in [3.63, 3.8) is 0 Å². The zero-order valence-electron chi connectivity index (χ0n) is 33.1. The van der Waals surface area contributed by atoms with Crippen LogP contribution >= 0.6 is 11.3 Å². The fraction of sp³-hybridized carbons (Fsp3) is 0.0172. The number of para-hydroxylation sites is 2. The van der Waals surface area contributed by atoms with E-state index in [1.54, 1.807) is 0 Å². The second kappa shape index (κ2) is 13.2. The van der Waals surface area contributed by atoms with Crippen LogP contribution in [0.25, 0.3) is 92.3 Å². The van der Waals surface area contributed by atoms with E-state index in [1.165, 1.54) is 86.6 Å². The number of imidazole rings is 1. The molecule has 0 atom stereocenters. The van der Waals surface area contributed by atoms with Gasteiger partial charge in [-0.15, -0.1) is 11.3 Å². The predicted octanol–water partition coefficient (Wildman–Crippen LogP) is 15.4. The largest absolute Gasteiger partial charge is 0.291 e. The van der Waals surface area contributed by atoms with Gasteiger partial charge >= 0.3 is 0 Å². The minimum atomic E-state index is -0.421. The fourth-order valence-corrected chi connectivity index (χ4v) is 11.6. The molecule has 0 fully saturated rings. The average Bonchev–Trinajstić information content (AvgIpc) is 4.01. The Morgan fingerprint density at radius 2 is 1.05 bits per heavy atom. The van der Waals surface area contributed by atoms with Crippen LogP contribution in [-0.4, -0.2) is 9.38 Å². The highest BCUT2D eigenvalue weighted by molar-refractivity contribution is 7.26. The topological polar surface area (TPSA) is 17.3 Å². The number of pyridine rings is 1. The van der Waals surface area contributed by atoms with Crippen molar-refractivity contribution in [3.05, 3.63) is 241 Å². The van der Waals surface area contributed by atoms with Gasteiger partial charge in [-0.3, -0.25) is 4.40 Å². The van der Waals surface area contributed by atoms with E-state index in [-0.39, 0.29) is 0 Å². The van der Waals surface area contributed by atoms with Gasteiger partial charge in [0, 0.05) is 15.5 Å². The quantitative estimate of drug-likeness (QED) is 0.170. The van der Waals surface area contributed by atoms with E-state index in [0.717, 1.165) is 27.9 Å². The third-order valence-corrected chi connectivity index (χ3v) is 14.3. The fourth-order valence-electron chi connectivity index (χ4n) is 10.4. The molecule has 13 rings (SSSR count). The molecular weight excluding hydrogens is 757 g/mol. The van der Waals surface area contributed by atoms with Crippen LogP contribution < -0.4 is 0 Å². The smallest absolute Gasteiger partial charge is 0.156 e. The van der Waals surface area contributed by atoms with Gasteiger partial charge in [-0.2, -0.15) is 0 Å². The Kier molecular flexibility index (Phi) is 7.42. The Morgan fingerprint density at radius 1 is 0.443 bits per heavy atom. The van der Waals surface area contributed by atoms with Crippen molar-refractivity contribution in [2.45, 2.75) is 5.41 Å². The third kappa shape index (κ3) is 4.93. The zero-order valence-corrected chi connectivity index (χ0v) is 33.9. The first kappa shape index (κ1) is 34.3. The van der Waals surface area contributed by atoms with E-state index in [9.17, 15) is 0 Å². The van der Waals surface area contributed by atoms with Gasteiger partial charge in [0.15, 0.2) is 5.65 Å². The first-order chi connectivity index (χ1) is 30.3. The predicted molar refractivity (Wildman–Crippen MR) is 257 cm³/mol. The van der Waals surface area contributed by atoms with E-state index in [4.69, 9.17) is 4.98 Å². The van der Waals surface area contributed by atoms with Crippen LogP contribution in [-0.2, 0) is 5.41 Å². The van der Waals surface area contributed by atoms with Crippen molar-refractivity contribution in [1.29, 1.82) is 0 Å². The van der Waals surface area contributed by atoms with Gasteiger partial charge in [0.1, 0.15) is 0 Å². The highest BCUT2D eigenvalue weighted by Gasteiger charge is 2.46. The van der Waals surface area contributed by atoms with E-state index < -0.39 is 5.41 Å². The summed E-state index contributed by atoms with van der Waals surface area (Å²) < 4.78 is 4.87. The number of hydrogen-bond acceptors (Lipinski definition) is 2. The molecule has 0 amide bonds. The Labute approximate surface area is 357 Å². The molecule has 2 nitrogen and oxygen atoms in total. The lowest BCUT2D eigenvalue weighted by Gasteiger charge is -2.34. The number of rotatable bonds is 5. The van der Waals surface area contributed by atoms with Crippen molar-refractivity contribution in [1.82, 2.24) is 9.38 Å². The molecule has 3 heterocycles. The average molecular weight is 793 g/mol. The van der Waals surface area contributed by atoms with Crippen molar-refractivity contribution in [2.24, 2.45) is 0 Å². The molecule has 0 N–H and O–H groups in total. The summed E-state index contributed by atoms with van der Waals surface area (Å²) >= 11 is 1.84. The Morgan fingerprint density at radius 3 is 1.82 bits per heavy atom. The molecule has 284 valence electrons. The normalized spacial score (nSPS) is 13.0. The van der Waals surface area contributed by atoms with Gasteiger partial charge in [0.25, 0.3) is 0 Å². The van der Waals surface area contributed by atoms with Crippen molar-refractivity contribution in [2.75, 3.05) is 0 Å². The van der Waals surface area contributed by atoms with E-state index in [2.05, 4.69) is 223 Å². The van der Waals surface area contributed by atoms with Crippen LogP contribution in [0.3, 0.4) is 0 Å². The molecule has 12 aromatic rings. The monoisotopic (exact) mass is 792 g/mol. The Bertz CT molecular complexity index is 3630. The SMILES string of the molecule is c1ccc(C2(c3ccccc3)c3ccccc3-c3c(-c4ccc(-c5ccc(-c6cc7c(sc8ccc9ccccc9c87)c7nc8ccccc8n67)cc5)cc4)cccc32)cc1. The maximum Gasteiger partial charge on any atom is 0.156 e. The van der Waals surface area contributed by atoms with Crippen LogP contribution in [0.1, 0.15) is 22.3 Å². The lowest BCUT2D eigenvalue weighted by Crippen LogP contribution is -2.28. The summed E-state index contributed by atoms with van der Waals surface area (Å²) in [5.74, 6) is 0. The van der Waals surface area contributed by atoms with Gasteiger partial charge in [0.2, 0.25) is 0 Å². The maximum atomic E-state index is 5.25. The molecule has 0 saturated heterocycles. The lowest BCUT2D eigenvalue weighted by atomic mass is 9.67. The summed E-state index contributed by atoms with van der Waals surface area (Å²) in [5.41, 5.74) is 17.7. The van der Waals surface area contributed by atoms with Crippen LogP contribution in [0.2, 0.25) is 0 Å². The number of benzene rings is 9. The Hall–Kier alpha value is -7.59. The van der Waals surface area contributed by atoms with Gasteiger partial charge in [-0.05, 0) is 96.2 Å². The third-order valence-electron chi connectivity index (χ3n) is 13.1. The number of hydrogen-bond donors (Lipinski definition) is 0. The van der Waals surface area contributed by atoms with E-state index in [1.807, 2.05) is 11.3 Å². The summed E-state index contributed by atoms with van der Waals surface area (Å²) in [6, 6.07) is 80.3. The second-order valence-electron chi connectivity index (χ2n) is 16.2. The van der Waals surface area contributed by atoms with Gasteiger partial charge < -0.3 is 0 Å². The van der Waals surface area contributed by atoms with Gasteiger partial charge in [0.05, 0.1) is 26.8 Å². The highest BCUT2D eigenvalue weighted by atomic mass is 32.1. The molecule has 0 spiro atoms. The lowest BCUT2D eigenvalue weighted by molar-refractivity contribution is 0.768. The summed E-state index contributed by atoms with van der Waals surface area (Å²) in [5, 5.41) is 5.11. The molecule has 0 aliphatic heterocycles. The molecule has 0 radical (unpaired) electrons. The van der Waals surface area contributed by atoms with Crippen molar-refractivity contribution < 1.29 is 0 Å².